The van der Waals surface area contributed by atoms with E-state index in [2.05, 4.69) is 26.1 Å². The molecule has 16 heavy (non-hydrogen) atoms. The molecule has 2 atom stereocenters. The summed E-state index contributed by atoms with van der Waals surface area (Å²) >= 11 is 0. The molecule has 0 aliphatic carbocycles. The molecule has 0 aromatic rings. The number of carboxylic acids is 1. The second-order valence-electron chi connectivity index (χ2n) is 5.64. The lowest BCUT2D eigenvalue weighted by atomic mass is 9.85. The van der Waals surface area contributed by atoms with Crippen LogP contribution < -0.4 is 11.1 Å². The predicted octanol–water partition coefficient (Wildman–Crippen LogP) is 1.45. The topological polar surface area (TPSA) is 75.3 Å². The van der Waals surface area contributed by atoms with E-state index >= 15 is 0 Å². The molecule has 4 heteroatoms. The molecule has 0 unspecified atom stereocenters. The van der Waals surface area contributed by atoms with Gasteiger partial charge < -0.3 is 16.2 Å². The van der Waals surface area contributed by atoms with E-state index in [1.807, 2.05) is 6.92 Å². The van der Waals surface area contributed by atoms with E-state index in [1.54, 1.807) is 0 Å². The average molecular weight is 230 g/mol. The Hall–Kier alpha value is -0.610. The first-order chi connectivity index (χ1) is 7.28. The number of nitrogens with two attached hydrogens (primary N) is 1. The van der Waals surface area contributed by atoms with Crippen LogP contribution in [0.5, 0.6) is 0 Å². The summed E-state index contributed by atoms with van der Waals surface area (Å²) in [4.78, 5) is 11.1. The summed E-state index contributed by atoms with van der Waals surface area (Å²) in [6, 6.07) is -0.481. The summed E-state index contributed by atoms with van der Waals surface area (Å²) in [5.74, 6) is -0.655. The summed E-state index contributed by atoms with van der Waals surface area (Å²) in [7, 11) is 0. The number of hydrogen-bond acceptors (Lipinski definition) is 3. The van der Waals surface area contributed by atoms with Crippen LogP contribution in [0, 0.1) is 11.3 Å². The molecule has 0 spiro atoms. The van der Waals surface area contributed by atoms with Gasteiger partial charge in [-0.1, -0.05) is 27.7 Å². The molecule has 0 amide bonds. The van der Waals surface area contributed by atoms with Gasteiger partial charge in [-0.05, 0) is 24.2 Å². The average Bonchev–Trinajstić information content (AvgIpc) is 2.13. The van der Waals surface area contributed by atoms with Crippen molar-refractivity contribution in [3.8, 4) is 0 Å². The Balaban J connectivity index is 4.17. The zero-order valence-electron chi connectivity index (χ0n) is 10.9. The largest absolute Gasteiger partial charge is 0.480 e. The van der Waals surface area contributed by atoms with Crippen molar-refractivity contribution in [1.29, 1.82) is 0 Å². The molecule has 0 bridgehead atoms. The fourth-order valence-corrected chi connectivity index (χ4v) is 1.60. The van der Waals surface area contributed by atoms with Crippen molar-refractivity contribution >= 4 is 5.97 Å². The molecule has 0 rings (SSSR count). The number of aliphatic carboxylic acids is 1. The smallest absolute Gasteiger partial charge is 0.320 e. The summed E-state index contributed by atoms with van der Waals surface area (Å²) in [5, 5.41) is 12.1. The van der Waals surface area contributed by atoms with Crippen LogP contribution in [0.3, 0.4) is 0 Å². The van der Waals surface area contributed by atoms with E-state index in [4.69, 9.17) is 10.8 Å². The summed E-state index contributed by atoms with van der Waals surface area (Å²) in [5.41, 5.74) is 5.62. The molecular weight excluding hydrogens is 204 g/mol. The van der Waals surface area contributed by atoms with E-state index in [0.29, 0.717) is 13.1 Å². The molecule has 0 heterocycles. The van der Waals surface area contributed by atoms with Crippen LogP contribution in [-0.2, 0) is 4.79 Å². The zero-order chi connectivity index (χ0) is 12.8. The molecule has 96 valence electrons. The summed E-state index contributed by atoms with van der Waals surface area (Å²) < 4.78 is 0. The van der Waals surface area contributed by atoms with Crippen molar-refractivity contribution in [3.63, 3.8) is 0 Å². The Bertz CT molecular complexity index is 212. The fraction of sp³-hybridized carbons (Fsp3) is 0.917. The van der Waals surface area contributed by atoms with Crippen LogP contribution in [0.25, 0.3) is 0 Å². The third-order valence-electron chi connectivity index (χ3n) is 2.69. The maximum Gasteiger partial charge on any atom is 0.320 e. The van der Waals surface area contributed by atoms with Crippen LogP contribution >= 0.6 is 0 Å². The van der Waals surface area contributed by atoms with E-state index in [0.717, 1.165) is 12.8 Å². The lowest BCUT2D eigenvalue weighted by Gasteiger charge is -2.25. The molecule has 0 aliphatic heterocycles. The Kier molecular flexibility index (Phi) is 6.60. The molecule has 0 aromatic heterocycles. The van der Waals surface area contributed by atoms with Gasteiger partial charge in [-0.2, -0.15) is 0 Å². The van der Waals surface area contributed by atoms with Gasteiger partial charge in [0.25, 0.3) is 0 Å². The highest BCUT2D eigenvalue weighted by molar-refractivity contribution is 5.73. The molecule has 0 aromatic carbocycles. The molecule has 0 saturated heterocycles. The minimum Gasteiger partial charge on any atom is -0.480 e. The van der Waals surface area contributed by atoms with Gasteiger partial charge in [0.2, 0.25) is 0 Å². The number of carbonyl (C=O) groups is 1. The first kappa shape index (κ1) is 15.4. The first-order valence-electron chi connectivity index (χ1n) is 5.94. The van der Waals surface area contributed by atoms with E-state index < -0.39 is 12.0 Å². The Morgan fingerprint density at radius 2 is 2.00 bits per heavy atom. The van der Waals surface area contributed by atoms with Crippen LogP contribution in [0.2, 0.25) is 0 Å². The SMILES string of the molecule is C[C@@H](CCC(C)(C)C)[C@H](NCCN)C(=O)O. The van der Waals surface area contributed by atoms with Crippen molar-refractivity contribution < 1.29 is 9.90 Å². The number of rotatable bonds is 7. The van der Waals surface area contributed by atoms with Gasteiger partial charge in [0.15, 0.2) is 0 Å². The second kappa shape index (κ2) is 6.86. The van der Waals surface area contributed by atoms with Crippen LogP contribution in [0.4, 0.5) is 0 Å². The molecular formula is C12H26N2O2. The van der Waals surface area contributed by atoms with E-state index in [1.165, 1.54) is 0 Å². The standard InChI is InChI=1S/C12H26N2O2/c1-9(5-6-12(2,3)4)10(11(15)16)14-8-7-13/h9-10,14H,5-8,13H2,1-4H3,(H,15,16)/t9-,10-/m0/s1. The molecule has 0 radical (unpaired) electrons. The Labute approximate surface area is 98.6 Å². The quantitative estimate of drug-likeness (QED) is 0.619. The monoisotopic (exact) mass is 230 g/mol. The number of carboxylic acid groups (broad SMARTS) is 1. The highest BCUT2D eigenvalue weighted by atomic mass is 16.4. The van der Waals surface area contributed by atoms with Gasteiger partial charge in [-0.25, -0.2) is 0 Å². The van der Waals surface area contributed by atoms with E-state index in [9.17, 15) is 4.79 Å². The van der Waals surface area contributed by atoms with Gasteiger partial charge in [-0.15, -0.1) is 0 Å². The molecule has 4 N–H and O–H groups in total. The highest BCUT2D eigenvalue weighted by Gasteiger charge is 2.24. The van der Waals surface area contributed by atoms with Crippen molar-refractivity contribution in [3.05, 3.63) is 0 Å². The van der Waals surface area contributed by atoms with Crippen molar-refractivity contribution in [2.24, 2.45) is 17.1 Å². The Morgan fingerprint density at radius 3 is 2.38 bits per heavy atom. The zero-order valence-corrected chi connectivity index (χ0v) is 10.9. The van der Waals surface area contributed by atoms with Crippen molar-refractivity contribution in [2.45, 2.75) is 46.6 Å². The lowest BCUT2D eigenvalue weighted by Crippen LogP contribution is -2.44. The first-order valence-corrected chi connectivity index (χ1v) is 5.94. The van der Waals surface area contributed by atoms with Gasteiger partial charge >= 0.3 is 5.97 Å². The maximum absolute atomic E-state index is 11.1. The summed E-state index contributed by atoms with van der Waals surface area (Å²) in [6.07, 6.45) is 1.94. The third-order valence-corrected chi connectivity index (χ3v) is 2.69. The summed E-state index contributed by atoms with van der Waals surface area (Å²) in [6.45, 7) is 9.51. The maximum atomic E-state index is 11.1. The normalized spacial score (nSPS) is 15.8. The molecule has 0 aliphatic rings. The fourth-order valence-electron chi connectivity index (χ4n) is 1.60. The van der Waals surface area contributed by atoms with Crippen LogP contribution in [0.15, 0.2) is 0 Å². The van der Waals surface area contributed by atoms with Gasteiger partial charge in [-0.3, -0.25) is 4.79 Å². The molecule has 4 nitrogen and oxygen atoms in total. The molecule has 0 saturated carbocycles. The van der Waals surface area contributed by atoms with E-state index in [-0.39, 0.29) is 11.3 Å². The van der Waals surface area contributed by atoms with Gasteiger partial charge in [0.1, 0.15) is 6.04 Å². The van der Waals surface area contributed by atoms with Crippen LogP contribution in [-0.4, -0.2) is 30.2 Å². The third kappa shape index (κ3) is 6.80. The number of hydrogen-bond donors (Lipinski definition) is 3. The minimum atomic E-state index is -0.783. The predicted molar refractivity (Wildman–Crippen MR) is 66.3 cm³/mol. The highest BCUT2D eigenvalue weighted by Crippen LogP contribution is 2.24. The Morgan fingerprint density at radius 1 is 1.44 bits per heavy atom. The molecule has 0 fully saturated rings. The number of nitrogens with one attached hydrogen (secondary N) is 1. The second-order valence-corrected chi connectivity index (χ2v) is 5.64. The minimum absolute atomic E-state index is 0.128. The van der Waals surface area contributed by atoms with Crippen LogP contribution in [0.1, 0.15) is 40.5 Å². The van der Waals surface area contributed by atoms with Gasteiger partial charge in [0.05, 0.1) is 0 Å². The van der Waals surface area contributed by atoms with Crippen molar-refractivity contribution in [2.75, 3.05) is 13.1 Å². The van der Waals surface area contributed by atoms with Gasteiger partial charge in [0, 0.05) is 13.1 Å². The van der Waals surface area contributed by atoms with Crippen molar-refractivity contribution in [1.82, 2.24) is 5.32 Å². The lowest BCUT2D eigenvalue weighted by molar-refractivity contribution is -0.140.